The zero-order chi connectivity index (χ0) is 17.3. The van der Waals surface area contributed by atoms with Gasteiger partial charge in [-0.3, -0.25) is 9.10 Å². The van der Waals surface area contributed by atoms with Crippen molar-refractivity contribution in [2.45, 2.75) is 31.7 Å². The first kappa shape index (κ1) is 20.0. The number of carbonyl (C=O) groups excluding carboxylic acids is 1. The van der Waals surface area contributed by atoms with Gasteiger partial charge in [-0.25, -0.2) is 8.42 Å². The molecule has 1 atom stereocenters. The number of anilines is 1. The number of nitrogens with one attached hydrogen (secondary N) is 1. The van der Waals surface area contributed by atoms with Crippen molar-refractivity contribution < 1.29 is 13.2 Å². The molecule has 0 saturated carbocycles. The number of halogens is 1. The van der Waals surface area contributed by atoms with Crippen molar-refractivity contribution in [3.05, 3.63) is 29.3 Å². The number of benzene rings is 1. The molecule has 1 fully saturated rings. The SMILES string of the molecule is CNCC1CCCN1C(=O)c1ccc2c(c1)CCCN2S(C)(=O)=O.Cl. The Bertz CT molecular complexity index is 739. The number of sulfonamides is 1. The molecule has 1 unspecified atom stereocenters. The Labute approximate surface area is 156 Å². The molecular weight excluding hydrogens is 362 g/mol. The lowest BCUT2D eigenvalue weighted by Crippen LogP contribution is -2.41. The van der Waals surface area contributed by atoms with E-state index in [1.54, 1.807) is 12.1 Å². The van der Waals surface area contributed by atoms with Gasteiger partial charge in [0.15, 0.2) is 0 Å². The molecule has 0 aromatic heterocycles. The molecule has 25 heavy (non-hydrogen) atoms. The van der Waals surface area contributed by atoms with Crippen molar-refractivity contribution in [2.24, 2.45) is 0 Å². The Kier molecular flexibility index (Phi) is 6.35. The minimum atomic E-state index is -3.27. The molecule has 0 radical (unpaired) electrons. The van der Waals surface area contributed by atoms with Gasteiger partial charge in [0.25, 0.3) is 5.91 Å². The predicted molar refractivity (Wildman–Crippen MR) is 102 cm³/mol. The molecule has 140 valence electrons. The van der Waals surface area contributed by atoms with E-state index in [2.05, 4.69) is 5.32 Å². The number of hydrogen-bond acceptors (Lipinski definition) is 4. The van der Waals surface area contributed by atoms with Crippen LogP contribution in [0.15, 0.2) is 18.2 Å². The van der Waals surface area contributed by atoms with Crippen LogP contribution in [0.3, 0.4) is 0 Å². The Morgan fingerprint density at radius 3 is 2.72 bits per heavy atom. The fraction of sp³-hybridized carbons (Fsp3) is 0.588. The monoisotopic (exact) mass is 387 g/mol. The fourth-order valence-corrected chi connectivity index (χ4v) is 4.75. The van der Waals surface area contributed by atoms with E-state index < -0.39 is 10.0 Å². The van der Waals surface area contributed by atoms with Crippen LogP contribution in [0.4, 0.5) is 5.69 Å². The highest BCUT2D eigenvalue weighted by Crippen LogP contribution is 2.31. The van der Waals surface area contributed by atoms with E-state index >= 15 is 0 Å². The molecule has 8 heteroatoms. The van der Waals surface area contributed by atoms with Crippen LogP contribution in [0.1, 0.15) is 35.2 Å². The summed E-state index contributed by atoms with van der Waals surface area (Å²) in [5.41, 5.74) is 2.32. The van der Waals surface area contributed by atoms with E-state index in [9.17, 15) is 13.2 Å². The summed E-state index contributed by atoms with van der Waals surface area (Å²) in [5.74, 6) is 0.0482. The number of nitrogens with zero attached hydrogens (tertiary/aromatic N) is 2. The summed E-state index contributed by atoms with van der Waals surface area (Å²) in [7, 11) is -1.37. The van der Waals surface area contributed by atoms with Crippen LogP contribution in [0, 0.1) is 0 Å². The summed E-state index contributed by atoms with van der Waals surface area (Å²) in [6, 6.07) is 5.67. The van der Waals surface area contributed by atoms with E-state index in [-0.39, 0.29) is 24.4 Å². The number of fused-ring (bicyclic) bond motifs is 1. The van der Waals surface area contributed by atoms with Crippen molar-refractivity contribution in [3.63, 3.8) is 0 Å². The second-order valence-corrected chi connectivity index (χ2v) is 8.54. The number of hydrogen-bond donors (Lipinski definition) is 1. The minimum Gasteiger partial charge on any atom is -0.334 e. The normalized spacial score (nSPS) is 20.2. The van der Waals surface area contributed by atoms with Crippen LogP contribution in [-0.4, -0.2) is 58.2 Å². The molecule has 6 nitrogen and oxygen atoms in total. The summed E-state index contributed by atoms with van der Waals surface area (Å²) in [6.45, 7) is 2.10. The van der Waals surface area contributed by atoms with Crippen molar-refractivity contribution >= 4 is 34.0 Å². The van der Waals surface area contributed by atoms with Gasteiger partial charge in [-0.05, 0) is 56.5 Å². The Balaban J connectivity index is 0.00000225. The maximum absolute atomic E-state index is 12.9. The second-order valence-electron chi connectivity index (χ2n) is 6.63. The second kappa shape index (κ2) is 7.93. The molecule has 2 aliphatic rings. The van der Waals surface area contributed by atoms with Crippen LogP contribution in [0.2, 0.25) is 0 Å². The number of carbonyl (C=O) groups is 1. The molecule has 2 aliphatic heterocycles. The number of likely N-dealkylation sites (tertiary alicyclic amines) is 1. The van der Waals surface area contributed by atoms with Gasteiger partial charge in [0, 0.05) is 31.2 Å². The molecule has 1 aromatic carbocycles. The van der Waals surface area contributed by atoms with Gasteiger partial charge in [0.1, 0.15) is 0 Å². The van der Waals surface area contributed by atoms with Gasteiger partial charge in [-0.15, -0.1) is 12.4 Å². The molecule has 3 rings (SSSR count). The van der Waals surface area contributed by atoms with Gasteiger partial charge in [-0.2, -0.15) is 0 Å². The first-order chi connectivity index (χ1) is 11.4. The first-order valence-corrected chi connectivity index (χ1v) is 10.3. The minimum absolute atomic E-state index is 0. The maximum atomic E-state index is 12.9. The Morgan fingerprint density at radius 2 is 2.04 bits per heavy atom. The molecule has 1 saturated heterocycles. The largest absolute Gasteiger partial charge is 0.334 e. The highest BCUT2D eigenvalue weighted by molar-refractivity contribution is 7.92. The summed E-state index contributed by atoms with van der Waals surface area (Å²) in [5, 5.41) is 3.15. The topological polar surface area (TPSA) is 69.7 Å². The Hall–Kier alpha value is -1.31. The summed E-state index contributed by atoms with van der Waals surface area (Å²) in [6.07, 6.45) is 4.88. The van der Waals surface area contributed by atoms with Crippen LogP contribution in [-0.2, 0) is 16.4 Å². The van der Waals surface area contributed by atoms with E-state index in [0.29, 0.717) is 17.8 Å². The molecule has 1 N–H and O–H groups in total. The van der Waals surface area contributed by atoms with Crippen molar-refractivity contribution in [1.29, 1.82) is 0 Å². The van der Waals surface area contributed by atoms with Crippen LogP contribution in [0.5, 0.6) is 0 Å². The summed E-state index contributed by atoms with van der Waals surface area (Å²) < 4.78 is 25.3. The van der Waals surface area contributed by atoms with E-state index in [4.69, 9.17) is 0 Å². The van der Waals surface area contributed by atoms with Crippen LogP contribution in [0.25, 0.3) is 0 Å². The van der Waals surface area contributed by atoms with Gasteiger partial charge >= 0.3 is 0 Å². The molecule has 2 heterocycles. The highest BCUT2D eigenvalue weighted by Gasteiger charge is 2.30. The van der Waals surface area contributed by atoms with Gasteiger partial charge in [0.2, 0.25) is 10.0 Å². The third-order valence-electron chi connectivity index (χ3n) is 4.88. The average Bonchev–Trinajstić information content (AvgIpc) is 3.01. The fourth-order valence-electron chi connectivity index (χ4n) is 3.76. The van der Waals surface area contributed by atoms with Crippen LogP contribution >= 0.6 is 12.4 Å². The zero-order valence-electron chi connectivity index (χ0n) is 14.7. The number of rotatable bonds is 4. The lowest BCUT2D eigenvalue weighted by Gasteiger charge is -2.30. The van der Waals surface area contributed by atoms with Crippen LogP contribution < -0.4 is 9.62 Å². The highest BCUT2D eigenvalue weighted by atomic mass is 35.5. The van der Waals surface area contributed by atoms with Gasteiger partial charge in [0.05, 0.1) is 11.9 Å². The molecule has 0 bridgehead atoms. The summed E-state index contributed by atoms with van der Waals surface area (Å²) in [4.78, 5) is 14.8. The molecule has 1 aromatic rings. The van der Waals surface area contributed by atoms with Crippen molar-refractivity contribution in [2.75, 3.05) is 37.2 Å². The zero-order valence-corrected chi connectivity index (χ0v) is 16.3. The lowest BCUT2D eigenvalue weighted by molar-refractivity contribution is 0.0737. The van der Waals surface area contributed by atoms with Gasteiger partial charge < -0.3 is 10.2 Å². The number of amides is 1. The third kappa shape index (κ3) is 4.10. The molecule has 0 aliphatic carbocycles. The molecule has 0 spiro atoms. The standard InChI is InChI=1S/C17H25N3O3S.ClH/c1-18-12-15-6-4-9-19(15)17(21)14-7-8-16-13(11-14)5-3-10-20(16)24(2,22)23;/h7-8,11,15,18H,3-6,9-10,12H2,1-2H3;1H. The van der Waals surface area contributed by atoms with E-state index in [1.807, 2.05) is 18.0 Å². The summed E-state index contributed by atoms with van der Waals surface area (Å²) >= 11 is 0. The first-order valence-electron chi connectivity index (χ1n) is 8.48. The van der Waals surface area contributed by atoms with E-state index in [0.717, 1.165) is 44.3 Å². The number of aryl methyl sites for hydroxylation is 1. The van der Waals surface area contributed by atoms with Gasteiger partial charge in [-0.1, -0.05) is 0 Å². The smallest absolute Gasteiger partial charge is 0.254 e. The maximum Gasteiger partial charge on any atom is 0.254 e. The van der Waals surface area contributed by atoms with E-state index in [1.165, 1.54) is 10.6 Å². The molecular formula is C17H26ClN3O3S. The lowest BCUT2D eigenvalue weighted by atomic mass is 10.00. The molecule has 1 amide bonds. The third-order valence-corrected chi connectivity index (χ3v) is 6.06. The number of likely N-dealkylation sites (N-methyl/N-ethyl adjacent to an activating group) is 1. The van der Waals surface area contributed by atoms with Crippen molar-refractivity contribution in [1.82, 2.24) is 10.2 Å². The Morgan fingerprint density at radius 1 is 1.28 bits per heavy atom. The van der Waals surface area contributed by atoms with Crippen molar-refractivity contribution in [3.8, 4) is 0 Å². The predicted octanol–water partition coefficient (Wildman–Crippen LogP) is 1.64. The quantitative estimate of drug-likeness (QED) is 0.852. The average molecular weight is 388 g/mol.